The lowest BCUT2D eigenvalue weighted by Crippen LogP contribution is -2.53. The lowest BCUT2D eigenvalue weighted by Gasteiger charge is -2.53. The van der Waals surface area contributed by atoms with E-state index in [1.165, 1.54) is 38.5 Å². The standard InChI is InChI=1S/C19H29NO/c1-5-19-11-7-6-8-16(19)18(20(2)3)12-14-9-10-15(21-4)13-17(14)19/h9-10,13,16,18H,5-8,11-12H2,1-4H3. The van der Waals surface area contributed by atoms with Gasteiger partial charge in [0.15, 0.2) is 0 Å². The summed E-state index contributed by atoms with van der Waals surface area (Å²) < 4.78 is 5.51. The van der Waals surface area contributed by atoms with Gasteiger partial charge in [0, 0.05) is 6.04 Å². The molecule has 1 aromatic carbocycles. The molecule has 0 radical (unpaired) electrons. The Morgan fingerprint density at radius 3 is 2.76 bits per heavy atom. The summed E-state index contributed by atoms with van der Waals surface area (Å²) in [7, 11) is 6.30. The van der Waals surface area contributed by atoms with Crippen LogP contribution in [0.3, 0.4) is 0 Å². The zero-order chi connectivity index (χ0) is 15.0. The number of hydrogen-bond donors (Lipinski definition) is 0. The maximum absolute atomic E-state index is 5.51. The first-order valence-corrected chi connectivity index (χ1v) is 8.46. The average Bonchev–Trinajstić information content (AvgIpc) is 2.53. The van der Waals surface area contributed by atoms with E-state index in [0.29, 0.717) is 11.5 Å². The molecule has 0 bridgehead atoms. The van der Waals surface area contributed by atoms with Crippen molar-refractivity contribution in [2.45, 2.75) is 56.9 Å². The van der Waals surface area contributed by atoms with Crippen molar-refractivity contribution in [2.24, 2.45) is 5.92 Å². The zero-order valence-corrected chi connectivity index (χ0v) is 14.0. The van der Waals surface area contributed by atoms with Gasteiger partial charge in [-0.25, -0.2) is 0 Å². The highest BCUT2D eigenvalue weighted by molar-refractivity contribution is 5.44. The molecule has 116 valence electrons. The van der Waals surface area contributed by atoms with Crippen LogP contribution in [0.4, 0.5) is 0 Å². The van der Waals surface area contributed by atoms with Crippen LogP contribution in [-0.2, 0) is 11.8 Å². The summed E-state index contributed by atoms with van der Waals surface area (Å²) in [6.07, 6.45) is 7.95. The van der Waals surface area contributed by atoms with Crippen molar-refractivity contribution in [2.75, 3.05) is 21.2 Å². The molecule has 0 aromatic heterocycles. The molecule has 3 atom stereocenters. The minimum Gasteiger partial charge on any atom is -0.497 e. The molecule has 2 aliphatic rings. The van der Waals surface area contributed by atoms with Crippen LogP contribution in [0.25, 0.3) is 0 Å². The van der Waals surface area contributed by atoms with Crippen LogP contribution >= 0.6 is 0 Å². The maximum Gasteiger partial charge on any atom is 0.119 e. The van der Waals surface area contributed by atoms with Crippen LogP contribution in [0.15, 0.2) is 18.2 Å². The van der Waals surface area contributed by atoms with E-state index in [1.54, 1.807) is 18.2 Å². The predicted molar refractivity (Wildman–Crippen MR) is 88.1 cm³/mol. The SMILES string of the molecule is CCC12CCCCC1C(N(C)C)Cc1ccc(OC)cc12. The van der Waals surface area contributed by atoms with Crippen molar-refractivity contribution in [3.8, 4) is 5.75 Å². The minimum atomic E-state index is 0.370. The molecule has 1 saturated carbocycles. The second-order valence-corrected chi connectivity index (χ2v) is 7.12. The smallest absolute Gasteiger partial charge is 0.119 e. The molecule has 2 aliphatic carbocycles. The molecule has 2 nitrogen and oxygen atoms in total. The Morgan fingerprint density at radius 1 is 1.29 bits per heavy atom. The lowest BCUT2D eigenvalue weighted by molar-refractivity contribution is 0.0681. The number of fused-ring (bicyclic) bond motifs is 3. The van der Waals surface area contributed by atoms with Gasteiger partial charge in [-0.15, -0.1) is 0 Å². The van der Waals surface area contributed by atoms with Crippen molar-refractivity contribution in [3.63, 3.8) is 0 Å². The molecule has 0 amide bonds. The summed E-state index contributed by atoms with van der Waals surface area (Å²) in [5.74, 6) is 1.82. The summed E-state index contributed by atoms with van der Waals surface area (Å²) in [6.45, 7) is 2.39. The lowest BCUT2D eigenvalue weighted by atomic mass is 9.54. The normalized spacial score (nSPS) is 31.7. The van der Waals surface area contributed by atoms with E-state index in [0.717, 1.165) is 11.7 Å². The molecule has 21 heavy (non-hydrogen) atoms. The monoisotopic (exact) mass is 287 g/mol. The van der Waals surface area contributed by atoms with E-state index in [1.807, 2.05) is 0 Å². The van der Waals surface area contributed by atoms with E-state index in [2.05, 4.69) is 44.1 Å². The van der Waals surface area contributed by atoms with Crippen LogP contribution in [-0.4, -0.2) is 32.1 Å². The van der Waals surface area contributed by atoms with Gasteiger partial charge in [0.25, 0.3) is 0 Å². The summed E-state index contributed by atoms with van der Waals surface area (Å²) in [5, 5.41) is 0. The van der Waals surface area contributed by atoms with Crippen LogP contribution in [0.5, 0.6) is 5.75 Å². The van der Waals surface area contributed by atoms with Gasteiger partial charge in [-0.1, -0.05) is 25.8 Å². The van der Waals surface area contributed by atoms with Crippen LogP contribution in [0.2, 0.25) is 0 Å². The van der Waals surface area contributed by atoms with Crippen LogP contribution in [0, 0.1) is 5.92 Å². The summed E-state index contributed by atoms with van der Waals surface area (Å²) in [4.78, 5) is 2.47. The number of ether oxygens (including phenoxy) is 1. The number of hydrogen-bond acceptors (Lipinski definition) is 2. The maximum atomic E-state index is 5.51. The molecule has 0 spiro atoms. The van der Waals surface area contributed by atoms with E-state index in [4.69, 9.17) is 4.74 Å². The molecule has 3 unspecified atom stereocenters. The van der Waals surface area contributed by atoms with Crippen molar-refractivity contribution in [3.05, 3.63) is 29.3 Å². The third-order valence-corrected chi connectivity index (χ3v) is 6.14. The van der Waals surface area contributed by atoms with Gasteiger partial charge in [-0.05, 0) is 74.4 Å². The van der Waals surface area contributed by atoms with E-state index >= 15 is 0 Å². The van der Waals surface area contributed by atoms with E-state index in [9.17, 15) is 0 Å². The van der Waals surface area contributed by atoms with Crippen molar-refractivity contribution in [1.82, 2.24) is 4.90 Å². The Labute approximate surface area is 129 Å². The predicted octanol–water partition coefficient (Wildman–Crippen LogP) is 4.02. The fourth-order valence-corrected chi connectivity index (χ4v) is 5.02. The largest absolute Gasteiger partial charge is 0.497 e. The third-order valence-electron chi connectivity index (χ3n) is 6.14. The minimum absolute atomic E-state index is 0.370. The Morgan fingerprint density at radius 2 is 2.10 bits per heavy atom. The number of benzene rings is 1. The third kappa shape index (κ3) is 2.28. The molecule has 1 aromatic rings. The molecule has 2 heteroatoms. The van der Waals surface area contributed by atoms with Crippen molar-refractivity contribution >= 4 is 0 Å². The Bertz CT molecular complexity index is 510. The Balaban J connectivity index is 2.14. The number of rotatable bonds is 3. The molecule has 0 saturated heterocycles. The van der Waals surface area contributed by atoms with E-state index < -0.39 is 0 Å². The highest BCUT2D eigenvalue weighted by Gasteiger charge is 2.49. The molecule has 1 fully saturated rings. The van der Waals surface area contributed by atoms with Gasteiger partial charge in [0.2, 0.25) is 0 Å². The summed E-state index contributed by atoms with van der Waals surface area (Å²) in [6, 6.07) is 7.47. The van der Waals surface area contributed by atoms with Gasteiger partial charge < -0.3 is 9.64 Å². The first-order chi connectivity index (χ1) is 10.1. The number of likely N-dealkylation sites (N-methyl/N-ethyl adjacent to an activating group) is 1. The molecule has 0 heterocycles. The van der Waals surface area contributed by atoms with Gasteiger partial charge in [0.05, 0.1) is 7.11 Å². The van der Waals surface area contributed by atoms with Gasteiger partial charge in [0.1, 0.15) is 5.75 Å². The van der Waals surface area contributed by atoms with Gasteiger partial charge >= 0.3 is 0 Å². The molecule has 0 aliphatic heterocycles. The number of nitrogens with zero attached hydrogens (tertiary/aromatic N) is 1. The van der Waals surface area contributed by atoms with E-state index in [-0.39, 0.29) is 0 Å². The summed E-state index contributed by atoms with van der Waals surface area (Å²) in [5.41, 5.74) is 3.51. The highest BCUT2D eigenvalue weighted by atomic mass is 16.5. The molecule has 0 N–H and O–H groups in total. The van der Waals surface area contributed by atoms with Crippen molar-refractivity contribution < 1.29 is 4.74 Å². The summed E-state index contributed by atoms with van der Waals surface area (Å²) >= 11 is 0. The topological polar surface area (TPSA) is 12.5 Å². The second-order valence-electron chi connectivity index (χ2n) is 7.12. The number of methoxy groups -OCH3 is 1. The Kier molecular flexibility index (Phi) is 4.00. The molecule has 3 rings (SSSR count). The fourth-order valence-electron chi connectivity index (χ4n) is 5.02. The van der Waals surface area contributed by atoms with Gasteiger partial charge in [-0.2, -0.15) is 0 Å². The fraction of sp³-hybridized carbons (Fsp3) is 0.684. The Hall–Kier alpha value is -1.02. The average molecular weight is 287 g/mol. The zero-order valence-electron chi connectivity index (χ0n) is 14.0. The second kappa shape index (κ2) is 5.64. The highest BCUT2D eigenvalue weighted by Crippen LogP contribution is 2.53. The molecular weight excluding hydrogens is 258 g/mol. The van der Waals surface area contributed by atoms with Crippen LogP contribution < -0.4 is 4.74 Å². The first-order valence-electron chi connectivity index (χ1n) is 8.46. The van der Waals surface area contributed by atoms with Gasteiger partial charge in [-0.3, -0.25) is 0 Å². The quantitative estimate of drug-likeness (QED) is 0.832. The molecular formula is C19H29NO. The first kappa shape index (κ1) is 14.9. The van der Waals surface area contributed by atoms with Crippen LogP contribution in [0.1, 0.15) is 50.2 Å². The van der Waals surface area contributed by atoms with Crippen molar-refractivity contribution in [1.29, 1.82) is 0 Å².